The predicted octanol–water partition coefficient (Wildman–Crippen LogP) is 2.56. The third-order valence-corrected chi connectivity index (χ3v) is 4.54. The van der Waals surface area contributed by atoms with Crippen LogP contribution in [-0.4, -0.2) is 54.9 Å². The van der Waals surface area contributed by atoms with E-state index in [1.807, 2.05) is 11.9 Å². The quantitative estimate of drug-likeness (QED) is 0.632. The maximum atomic E-state index is 12.7. The number of carbonyl (C=O) groups is 2. The number of benzene rings is 1. The van der Waals surface area contributed by atoms with Gasteiger partial charge in [0.05, 0.1) is 0 Å². The van der Waals surface area contributed by atoms with Crippen molar-refractivity contribution in [2.24, 2.45) is 0 Å². The second kappa shape index (κ2) is 7.59. The van der Waals surface area contributed by atoms with Crippen molar-refractivity contribution >= 4 is 11.9 Å². The van der Waals surface area contributed by atoms with E-state index in [0.29, 0.717) is 17.4 Å². The highest BCUT2D eigenvalue weighted by atomic mass is 16.5. The summed E-state index contributed by atoms with van der Waals surface area (Å²) in [5.74, 6) is 0.107. The van der Waals surface area contributed by atoms with E-state index >= 15 is 0 Å². The van der Waals surface area contributed by atoms with Crippen LogP contribution in [0.5, 0.6) is 5.75 Å². The lowest BCUT2D eigenvalue weighted by atomic mass is 9.88. The summed E-state index contributed by atoms with van der Waals surface area (Å²) in [6, 6.07) is 7.38. The maximum Gasteiger partial charge on any atom is 0.308 e. The van der Waals surface area contributed by atoms with Crippen LogP contribution in [0.1, 0.15) is 43.0 Å². The molecule has 1 saturated carbocycles. The lowest BCUT2D eigenvalue weighted by Crippen LogP contribution is -2.51. The smallest absolute Gasteiger partial charge is 0.308 e. The maximum absolute atomic E-state index is 12.7. The van der Waals surface area contributed by atoms with Gasteiger partial charge >= 0.3 is 5.97 Å². The summed E-state index contributed by atoms with van der Waals surface area (Å²) in [6.45, 7) is 1.36. The van der Waals surface area contributed by atoms with Crippen LogP contribution in [0.15, 0.2) is 24.3 Å². The number of ether oxygens (including phenoxy) is 1. The molecule has 5 nitrogen and oxygen atoms in total. The van der Waals surface area contributed by atoms with Crippen LogP contribution in [0.25, 0.3) is 0 Å². The number of carbonyl (C=O) groups excluding carboxylic acids is 2. The molecule has 0 radical (unpaired) electrons. The Morgan fingerprint density at radius 2 is 1.57 bits per heavy atom. The zero-order valence-electron chi connectivity index (χ0n) is 14.4. The fraction of sp³-hybridized carbons (Fsp3) is 0.556. The molecule has 2 atom stereocenters. The first-order chi connectivity index (χ1) is 10.9. The molecular weight excluding hydrogens is 292 g/mol. The molecule has 0 heterocycles. The number of hydrogen-bond acceptors (Lipinski definition) is 4. The van der Waals surface area contributed by atoms with Gasteiger partial charge in [0.25, 0.3) is 5.91 Å². The molecule has 0 bridgehead atoms. The highest BCUT2D eigenvalue weighted by Crippen LogP contribution is 2.26. The van der Waals surface area contributed by atoms with E-state index in [4.69, 9.17) is 4.74 Å². The number of esters is 1. The zero-order valence-corrected chi connectivity index (χ0v) is 14.4. The Morgan fingerprint density at radius 1 is 1.00 bits per heavy atom. The van der Waals surface area contributed by atoms with Crippen LogP contribution in [-0.2, 0) is 4.79 Å². The van der Waals surface area contributed by atoms with Crippen molar-refractivity contribution in [2.75, 3.05) is 21.1 Å². The fourth-order valence-corrected chi connectivity index (χ4v) is 3.33. The van der Waals surface area contributed by atoms with Gasteiger partial charge in [-0.15, -0.1) is 0 Å². The highest BCUT2D eigenvalue weighted by Gasteiger charge is 2.32. The molecule has 126 valence electrons. The first-order valence-electron chi connectivity index (χ1n) is 8.12. The van der Waals surface area contributed by atoms with Gasteiger partial charge in [0, 0.05) is 31.6 Å². The number of rotatable bonds is 4. The topological polar surface area (TPSA) is 49.9 Å². The Labute approximate surface area is 138 Å². The van der Waals surface area contributed by atoms with Gasteiger partial charge in [-0.3, -0.25) is 9.59 Å². The van der Waals surface area contributed by atoms with E-state index in [1.54, 1.807) is 24.3 Å². The van der Waals surface area contributed by atoms with Crippen molar-refractivity contribution in [1.82, 2.24) is 9.80 Å². The summed E-state index contributed by atoms with van der Waals surface area (Å²) in [5, 5.41) is 0. The molecule has 23 heavy (non-hydrogen) atoms. The number of likely N-dealkylation sites (N-methyl/N-ethyl adjacent to an activating group) is 2. The minimum atomic E-state index is -0.364. The van der Waals surface area contributed by atoms with Crippen molar-refractivity contribution in [2.45, 2.75) is 44.7 Å². The molecule has 0 N–H and O–H groups in total. The Morgan fingerprint density at radius 3 is 2.09 bits per heavy atom. The zero-order chi connectivity index (χ0) is 17.0. The number of amides is 1. The van der Waals surface area contributed by atoms with Crippen molar-refractivity contribution < 1.29 is 14.3 Å². The molecule has 2 unspecified atom stereocenters. The first kappa shape index (κ1) is 17.5. The molecule has 0 aliphatic heterocycles. The van der Waals surface area contributed by atoms with Crippen LogP contribution in [0.3, 0.4) is 0 Å². The largest absolute Gasteiger partial charge is 0.427 e. The second-order valence-electron chi connectivity index (χ2n) is 6.42. The Hall–Kier alpha value is -1.88. The van der Waals surface area contributed by atoms with Gasteiger partial charge in [-0.1, -0.05) is 12.8 Å². The van der Waals surface area contributed by atoms with Gasteiger partial charge in [-0.25, -0.2) is 0 Å². The Bertz CT molecular complexity index is 554. The minimum Gasteiger partial charge on any atom is -0.427 e. The average Bonchev–Trinajstić information content (AvgIpc) is 2.53. The molecule has 1 fully saturated rings. The first-order valence-corrected chi connectivity index (χ1v) is 8.12. The van der Waals surface area contributed by atoms with Gasteiger partial charge < -0.3 is 14.5 Å². The van der Waals surface area contributed by atoms with Crippen LogP contribution < -0.4 is 4.74 Å². The number of nitrogens with zero attached hydrogens (tertiary/aromatic N) is 2. The van der Waals surface area contributed by atoms with Gasteiger partial charge in [-0.2, -0.15) is 0 Å². The van der Waals surface area contributed by atoms with E-state index in [1.165, 1.54) is 13.3 Å². The molecular formula is C18H26N2O3. The summed E-state index contributed by atoms with van der Waals surface area (Å²) < 4.78 is 5.00. The molecule has 1 aliphatic rings. The molecule has 1 amide bonds. The third kappa shape index (κ3) is 4.32. The summed E-state index contributed by atoms with van der Waals surface area (Å²) in [6.07, 6.45) is 4.55. The van der Waals surface area contributed by atoms with E-state index in [-0.39, 0.29) is 17.9 Å². The van der Waals surface area contributed by atoms with Crippen LogP contribution >= 0.6 is 0 Å². The third-order valence-electron chi connectivity index (χ3n) is 4.54. The van der Waals surface area contributed by atoms with Crippen LogP contribution in [0.2, 0.25) is 0 Å². The van der Waals surface area contributed by atoms with E-state index in [0.717, 1.165) is 19.3 Å². The monoisotopic (exact) mass is 318 g/mol. The average molecular weight is 318 g/mol. The second-order valence-corrected chi connectivity index (χ2v) is 6.42. The van der Waals surface area contributed by atoms with Crippen LogP contribution in [0.4, 0.5) is 0 Å². The summed E-state index contributed by atoms with van der Waals surface area (Å²) in [4.78, 5) is 27.8. The molecule has 2 rings (SSSR count). The van der Waals surface area contributed by atoms with Gasteiger partial charge in [-0.05, 0) is 51.2 Å². The normalized spacial score (nSPS) is 21.1. The summed E-state index contributed by atoms with van der Waals surface area (Å²) in [7, 11) is 6.04. The van der Waals surface area contributed by atoms with Crippen LogP contribution in [0, 0.1) is 0 Å². The molecule has 1 aliphatic carbocycles. The van der Waals surface area contributed by atoms with Crippen molar-refractivity contribution in [1.29, 1.82) is 0 Å². The SMILES string of the molecule is CC(=O)Oc1ccc(C(=O)N(C)C2CCCCC2N(C)C)cc1. The highest BCUT2D eigenvalue weighted by molar-refractivity contribution is 5.94. The molecule has 1 aromatic carbocycles. The standard InChI is InChI=1S/C18H26N2O3/c1-13(21)23-15-11-9-14(10-12-15)18(22)20(4)17-8-6-5-7-16(17)19(2)3/h9-12,16-17H,5-8H2,1-4H3. The minimum absolute atomic E-state index is 0.0122. The molecule has 0 spiro atoms. The molecule has 0 aromatic heterocycles. The van der Waals surface area contributed by atoms with Gasteiger partial charge in [0.2, 0.25) is 0 Å². The van der Waals surface area contributed by atoms with Crippen molar-refractivity contribution in [3.63, 3.8) is 0 Å². The van der Waals surface area contributed by atoms with Gasteiger partial charge in [0.15, 0.2) is 0 Å². The molecule has 1 aromatic rings. The predicted molar refractivity (Wildman–Crippen MR) is 89.6 cm³/mol. The van der Waals surface area contributed by atoms with E-state index in [2.05, 4.69) is 19.0 Å². The Balaban J connectivity index is 2.10. The Kier molecular flexibility index (Phi) is 5.77. The number of hydrogen-bond donors (Lipinski definition) is 0. The van der Waals surface area contributed by atoms with E-state index < -0.39 is 0 Å². The van der Waals surface area contributed by atoms with Gasteiger partial charge in [0.1, 0.15) is 5.75 Å². The molecule has 5 heteroatoms. The fourth-order valence-electron chi connectivity index (χ4n) is 3.33. The summed E-state index contributed by atoms with van der Waals surface area (Å²) in [5.41, 5.74) is 0.617. The molecule has 0 saturated heterocycles. The van der Waals surface area contributed by atoms with Crippen molar-refractivity contribution in [3.8, 4) is 5.75 Å². The van der Waals surface area contributed by atoms with Crippen molar-refractivity contribution in [3.05, 3.63) is 29.8 Å². The van der Waals surface area contributed by atoms with E-state index in [9.17, 15) is 9.59 Å². The lowest BCUT2D eigenvalue weighted by Gasteiger charge is -2.41. The summed E-state index contributed by atoms with van der Waals surface area (Å²) >= 11 is 0. The lowest BCUT2D eigenvalue weighted by molar-refractivity contribution is -0.131.